The molecule has 0 atom stereocenters. The molecule has 17 heavy (non-hydrogen) atoms. The van der Waals surface area contributed by atoms with Gasteiger partial charge in [0, 0.05) is 5.92 Å². The van der Waals surface area contributed by atoms with Crippen LogP contribution < -0.4 is 5.73 Å². The summed E-state index contributed by atoms with van der Waals surface area (Å²) in [4.78, 5) is 0. The van der Waals surface area contributed by atoms with E-state index in [1.165, 1.54) is 23.2 Å². The Morgan fingerprint density at radius 1 is 1.35 bits per heavy atom. The minimum absolute atomic E-state index is 0.303. The molecule has 1 aromatic carbocycles. The van der Waals surface area contributed by atoms with Gasteiger partial charge < -0.3 is 5.73 Å². The molecule has 1 heterocycles. The van der Waals surface area contributed by atoms with E-state index in [9.17, 15) is 4.39 Å². The van der Waals surface area contributed by atoms with E-state index in [2.05, 4.69) is 10.3 Å². The fourth-order valence-corrected chi connectivity index (χ4v) is 2.07. The molecule has 5 heteroatoms. The van der Waals surface area contributed by atoms with Crippen LogP contribution in [-0.2, 0) is 0 Å². The normalized spacial score (nSPS) is 15.8. The average Bonchev–Trinajstić information content (AvgIpc) is 2.59. The lowest BCUT2D eigenvalue weighted by Crippen LogP contribution is -2.12. The van der Waals surface area contributed by atoms with Gasteiger partial charge in [-0.15, -0.1) is 5.10 Å². The summed E-state index contributed by atoms with van der Waals surface area (Å²) in [6.07, 6.45) is 3.45. The second-order valence-corrected chi connectivity index (χ2v) is 4.38. The molecule has 1 aliphatic rings. The fraction of sp³-hybridized carbons (Fsp3) is 0.333. The average molecular weight is 232 g/mol. The third kappa shape index (κ3) is 1.67. The van der Waals surface area contributed by atoms with Crippen molar-refractivity contribution < 1.29 is 4.39 Å². The Bertz CT molecular complexity index is 545. The van der Waals surface area contributed by atoms with Gasteiger partial charge >= 0.3 is 0 Å². The smallest absolute Gasteiger partial charge is 0.151 e. The monoisotopic (exact) mass is 232 g/mol. The van der Waals surface area contributed by atoms with Gasteiger partial charge in [0.2, 0.25) is 0 Å². The number of rotatable bonds is 2. The minimum Gasteiger partial charge on any atom is -0.382 e. The van der Waals surface area contributed by atoms with Crippen molar-refractivity contribution in [3.05, 3.63) is 35.8 Å². The predicted molar refractivity (Wildman–Crippen MR) is 62.3 cm³/mol. The Morgan fingerprint density at radius 3 is 2.82 bits per heavy atom. The molecular formula is C12H13FN4. The summed E-state index contributed by atoms with van der Waals surface area (Å²) in [6, 6.07) is 6.19. The van der Waals surface area contributed by atoms with Crippen LogP contribution in [0.25, 0.3) is 5.69 Å². The summed E-state index contributed by atoms with van der Waals surface area (Å²) in [5, 5.41) is 8.11. The third-order valence-electron chi connectivity index (χ3n) is 3.28. The summed E-state index contributed by atoms with van der Waals surface area (Å²) < 4.78 is 14.6. The van der Waals surface area contributed by atoms with Crippen molar-refractivity contribution in [3.8, 4) is 5.69 Å². The summed E-state index contributed by atoms with van der Waals surface area (Å²) in [5.74, 6) is 0.653. The number of hydrogen-bond donors (Lipinski definition) is 1. The molecule has 0 unspecified atom stereocenters. The molecule has 0 radical (unpaired) electrons. The third-order valence-corrected chi connectivity index (χ3v) is 3.28. The predicted octanol–water partition coefficient (Wildman–Crippen LogP) is 2.26. The van der Waals surface area contributed by atoms with Gasteiger partial charge in [0.1, 0.15) is 11.5 Å². The number of anilines is 1. The Morgan fingerprint density at radius 2 is 2.18 bits per heavy atom. The van der Waals surface area contributed by atoms with Crippen LogP contribution >= 0.6 is 0 Å². The van der Waals surface area contributed by atoms with Crippen LogP contribution in [0.1, 0.15) is 30.9 Å². The van der Waals surface area contributed by atoms with Gasteiger partial charge in [-0.25, -0.2) is 4.39 Å². The second kappa shape index (κ2) is 3.84. The maximum atomic E-state index is 13.1. The first-order chi connectivity index (χ1) is 8.25. The zero-order valence-corrected chi connectivity index (χ0v) is 9.31. The summed E-state index contributed by atoms with van der Waals surface area (Å²) >= 11 is 0. The lowest BCUT2D eigenvalue weighted by Gasteiger charge is -2.23. The van der Waals surface area contributed by atoms with Crippen molar-refractivity contribution in [1.82, 2.24) is 15.0 Å². The number of nitrogen functional groups attached to an aromatic ring is 1. The quantitative estimate of drug-likeness (QED) is 0.864. The van der Waals surface area contributed by atoms with Gasteiger partial charge in [0.05, 0.1) is 5.69 Å². The number of nitrogens with two attached hydrogens (primary N) is 1. The van der Waals surface area contributed by atoms with E-state index in [1.807, 2.05) is 0 Å². The fourth-order valence-electron chi connectivity index (χ4n) is 2.07. The Balaban J connectivity index is 2.00. The molecule has 4 nitrogen and oxygen atoms in total. The van der Waals surface area contributed by atoms with E-state index >= 15 is 0 Å². The van der Waals surface area contributed by atoms with Crippen molar-refractivity contribution in [2.24, 2.45) is 0 Å². The van der Waals surface area contributed by atoms with Crippen molar-refractivity contribution in [2.45, 2.75) is 25.2 Å². The number of benzene rings is 1. The lowest BCUT2D eigenvalue weighted by molar-refractivity contribution is 0.411. The van der Waals surface area contributed by atoms with Crippen LogP contribution in [0.5, 0.6) is 0 Å². The number of nitrogens with zero attached hydrogens (tertiary/aromatic N) is 3. The van der Waals surface area contributed by atoms with Crippen LogP contribution in [0.2, 0.25) is 0 Å². The number of aromatic nitrogens is 3. The molecule has 1 saturated carbocycles. The molecule has 0 saturated heterocycles. The summed E-state index contributed by atoms with van der Waals surface area (Å²) in [5.41, 5.74) is 7.47. The first-order valence-electron chi connectivity index (χ1n) is 5.73. The molecule has 1 fully saturated rings. The van der Waals surface area contributed by atoms with Gasteiger partial charge in [0.15, 0.2) is 5.82 Å². The first-order valence-corrected chi connectivity index (χ1v) is 5.73. The lowest BCUT2D eigenvalue weighted by atomic mass is 9.83. The van der Waals surface area contributed by atoms with Crippen molar-refractivity contribution in [3.63, 3.8) is 0 Å². The molecule has 2 aromatic rings. The zero-order valence-electron chi connectivity index (χ0n) is 9.31. The first kappa shape index (κ1) is 10.3. The van der Waals surface area contributed by atoms with Gasteiger partial charge in [-0.2, -0.15) is 4.68 Å². The highest BCUT2D eigenvalue weighted by atomic mass is 19.1. The molecule has 0 amide bonds. The molecule has 0 spiro atoms. The van der Waals surface area contributed by atoms with E-state index in [4.69, 9.17) is 5.73 Å². The van der Waals surface area contributed by atoms with Gasteiger partial charge in [-0.05, 0) is 31.0 Å². The molecule has 0 aliphatic heterocycles. The summed E-state index contributed by atoms with van der Waals surface area (Å²) in [7, 11) is 0. The van der Waals surface area contributed by atoms with Crippen LogP contribution in [-0.4, -0.2) is 15.0 Å². The van der Waals surface area contributed by atoms with Crippen molar-refractivity contribution in [1.29, 1.82) is 0 Å². The Hall–Kier alpha value is -1.91. The Kier molecular flexibility index (Phi) is 2.31. The zero-order chi connectivity index (χ0) is 11.8. The van der Waals surface area contributed by atoms with E-state index in [1.54, 1.807) is 12.1 Å². The molecular weight excluding hydrogens is 219 g/mol. The molecule has 2 N–H and O–H groups in total. The maximum Gasteiger partial charge on any atom is 0.151 e. The van der Waals surface area contributed by atoms with Crippen molar-refractivity contribution in [2.75, 3.05) is 5.73 Å². The van der Waals surface area contributed by atoms with Gasteiger partial charge in [-0.3, -0.25) is 0 Å². The number of halogens is 1. The van der Waals surface area contributed by atoms with Gasteiger partial charge in [0.25, 0.3) is 0 Å². The van der Waals surface area contributed by atoms with E-state index < -0.39 is 0 Å². The highest BCUT2D eigenvalue weighted by Gasteiger charge is 2.26. The van der Waals surface area contributed by atoms with Crippen molar-refractivity contribution >= 4 is 5.82 Å². The highest BCUT2D eigenvalue weighted by Crippen LogP contribution is 2.38. The summed E-state index contributed by atoms with van der Waals surface area (Å²) in [6.45, 7) is 0. The van der Waals surface area contributed by atoms with E-state index in [0.717, 1.165) is 18.5 Å². The maximum absolute atomic E-state index is 13.1. The molecule has 0 bridgehead atoms. The van der Waals surface area contributed by atoms with Crippen LogP contribution in [0.15, 0.2) is 24.3 Å². The van der Waals surface area contributed by atoms with E-state index in [-0.39, 0.29) is 5.82 Å². The largest absolute Gasteiger partial charge is 0.382 e. The standard InChI is InChI=1S/C12H13FN4/c13-9-5-2-6-10(7-9)17-12(14)11(15-16-17)8-3-1-4-8/h2,5-8H,1,3-4,14H2. The number of hydrogen-bond acceptors (Lipinski definition) is 3. The van der Waals surface area contributed by atoms with Gasteiger partial charge in [-0.1, -0.05) is 17.7 Å². The second-order valence-electron chi connectivity index (χ2n) is 4.38. The minimum atomic E-state index is -0.303. The van der Waals surface area contributed by atoms with Crippen LogP contribution in [0.4, 0.5) is 10.2 Å². The Labute approximate surface area is 98.2 Å². The molecule has 3 rings (SSSR count). The molecule has 1 aromatic heterocycles. The topological polar surface area (TPSA) is 56.7 Å². The molecule has 88 valence electrons. The SMILES string of the molecule is Nc1c(C2CCC2)nnn1-c1cccc(F)c1. The van der Waals surface area contributed by atoms with E-state index in [0.29, 0.717) is 17.4 Å². The molecule has 1 aliphatic carbocycles. The van der Waals surface area contributed by atoms with Crippen LogP contribution in [0.3, 0.4) is 0 Å². The van der Waals surface area contributed by atoms with Crippen LogP contribution in [0, 0.1) is 5.82 Å². The highest BCUT2D eigenvalue weighted by molar-refractivity contribution is 5.45.